The number of anilines is 1. The molecule has 1 aliphatic rings. The van der Waals surface area contributed by atoms with Crippen molar-refractivity contribution in [1.29, 1.82) is 0 Å². The predicted molar refractivity (Wildman–Crippen MR) is 107 cm³/mol. The highest BCUT2D eigenvalue weighted by molar-refractivity contribution is 5.73. The van der Waals surface area contributed by atoms with Crippen LogP contribution in [0.2, 0.25) is 0 Å². The number of hydrogen-bond acceptors (Lipinski definition) is 7. The Morgan fingerprint density at radius 1 is 1.40 bits per heavy atom. The van der Waals surface area contributed by atoms with Gasteiger partial charge in [-0.25, -0.2) is 18.7 Å². The fourth-order valence-electron chi connectivity index (χ4n) is 3.49. The second-order valence-corrected chi connectivity index (χ2v) is 7.91. The first-order valence-electron chi connectivity index (χ1n) is 9.70. The van der Waals surface area contributed by atoms with E-state index in [2.05, 4.69) is 25.3 Å². The fourth-order valence-corrected chi connectivity index (χ4v) is 3.49. The number of aromatic nitrogens is 4. The second-order valence-electron chi connectivity index (χ2n) is 7.91. The van der Waals surface area contributed by atoms with Gasteiger partial charge in [0.25, 0.3) is 0 Å². The molecule has 30 heavy (non-hydrogen) atoms. The Balaban J connectivity index is 1.57. The Morgan fingerprint density at radius 3 is 3.00 bits per heavy atom. The summed E-state index contributed by atoms with van der Waals surface area (Å²) >= 11 is 0. The average molecular weight is 414 g/mol. The lowest BCUT2D eigenvalue weighted by molar-refractivity contribution is 0.0792. The maximum Gasteiger partial charge on any atom is 0.412 e. The summed E-state index contributed by atoms with van der Waals surface area (Å²) in [5.41, 5.74) is 0.126. The van der Waals surface area contributed by atoms with Crippen LogP contribution in [0.15, 0.2) is 36.9 Å². The normalized spacial score (nSPS) is 16.8. The van der Waals surface area contributed by atoms with Crippen LogP contribution in [0.5, 0.6) is 5.75 Å². The van der Waals surface area contributed by atoms with Crippen molar-refractivity contribution in [3.05, 3.63) is 48.3 Å². The number of aliphatic hydroxyl groups is 1. The quantitative estimate of drug-likeness (QED) is 0.661. The molecule has 0 radical (unpaired) electrons. The summed E-state index contributed by atoms with van der Waals surface area (Å²) < 4.78 is 20.5. The number of carbonyl (C=O) groups is 1. The molecule has 2 N–H and O–H groups in total. The van der Waals surface area contributed by atoms with Crippen LogP contribution in [-0.4, -0.2) is 49.5 Å². The zero-order valence-corrected chi connectivity index (χ0v) is 16.7. The Labute approximate surface area is 172 Å². The summed E-state index contributed by atoms with van der Waals surface area (Å²) in [5, 5.41) is 16.4. The molecule has 1 saturated heterocycles. The summed E-state index contributed by atoms with van der Waals surface area (Å²) in [6.45, 7) is 3.97. The number of nitrogens with zero attached hydrogens (tertiary/aromatic N) is 5. The van der Waals surface area contributed by atoms with Crippen molar-refractivity contribution in [3.63, 3.8) is 0 Å². The van der Waals surface area contributed by atoms with Crippen molar-refractivity contribution in [2.45, 2.75) is 38.3 Å². The number of fused-ring (bicyclic) bond motifs is 1. The Morgan fingerprint density at radius 2 is 2.23 bits per heavy atom. The van der Waals surface area contributed by atoms with Gasteiger partial charge < -0.3 is 20.1 Å². The number of amides is 1. The van der Waals surface area contributed by atoms with Crippen LogP contribution in [0.4, 0.5) is 15.0 Å². The van der Waals surface area contributed by atoms with Gasteiger partial charge in [-0.3, -0.25) is 4.98 Å². The van der Waals surface area contributed by atoms with Crippen molar-refractivity contribution < 1.29 is 19.0 Å². The molecule has 4 heterocycles. The summed E-state index contributed by atoms with van der Waals surface area (Å²) in [4.78, 5) is 22.7. The maximum absolute atomic E-state index is 13.6. The highest BCUT2D eigenvalue weighted by Gasteiger charge is 2.28. The fraction of sp³-hybridized carbons (Fsp3) is 0.400. The number of halogens is 1. The van der Waals surface area contributed by atoms with E-state index >= 15 is 0 Å². The zero-order valence-electron chi connectivity index (χ0n) is 16.7. The Bertz CT molecular complexity index is 1060. The van der Waals surface area contributed by atoms with Gasteiger partial charge in [0, 0.05) is 25.5 Å². The molecule has 1 fully saturated rings. The van der Waals surface area contributed by atoms with Gasteiger partial charge in [-0.05, 0) is 44.4 Å². The van der Waals surface area contributed by atoms with Crippen LogP contribution in [0.3, 0.4) is 0 Å². The van der Waals surface area contributed by atoms with Gasteiger partial charge in [0.2, 0.25) is 5.65 Å². The highest BCUT2D eigenvalue weighted by atomic mass is 19.1. The third kappa shape index (κ3) is 4.33. The Kier molecular flexibility index (Phi) is 5.25. The monoisotopic (exact) mass is 414 g/mol. The van der Waals surface area contributed by atoms with E-state index in [1.165, 1.54) is 23.0 Å². The lowest BCUT2D eigenvalue weighted by atomic mass is 10.1. The van der Waals surface area contributed by atoms with Crippen molar-refractivity contribution in [3.8, 4) is 5.75 Å². The van der Waals surface area contributed by atoms with Crippen LogP contribution in [0, 0.1) is 5.82 Å². The smallest absolute Gasteiger partial charge is 0.405 e. The van der Waals surface area contributed by atoms with Crippen molar-refractivity contribution in [1.82, 2.24) is 24.9 Å². The van der Waals surface area contributed by atoms with Crippen LogP contribution in [0.25, 0.3) is 5.65 Å². The summed E-state index contributed by atoms with van der Waals surface area (Å²) in [6.07, 6.45) is 7.10. The molecular weight excluding hydrogens is 391 g/mol. The maximum atomic E-state index is 13.6. The topological polar surface area (TPSA) is 105 Å². The molecule has 158 valence electrons. The van der Waals surface area contributed by atoms with Gasteiger partial charge in [0.1, 0.15) is 11.6 Å². The molecular formula is C20H23FN6O3. The molecule has 0 aliphatic carbocycles. The first-order chi connectivity index (χ1) is 14.3. The molecule has 4 rings (SSSR count). The summed E-state index contributed by atoms with van der Waals surface area (Å²) in [7, 11) is 0. The van der Waals surface area contributed by atoms with Crippen LogP contribution >= 0.6 is 0 Å². The minimum absolute atomic E-state index is 0.0366. The molecule has 0 unspecified atom stereocenters. The van der Waals surface area contributed by atoms with E-state index < -0.39 is 11.7 Å². The van der Waals surface area contributed by atoms with Gasteiger partial charge in [-0.1, -0.05) is 0 Å². The van der Waals surface area contributed by atoms with Gasteiger partial charge >= 0.3 is 6.09 Å². The van der Waals surface area contributed by atoms with Crippen molar-refractivity contribution >= 4 is 17.6 Å². The number of nitrogens with one attached hydrogen (secondary N) is 1. The van der Waals surface area contributed by atoms with Crippen LogP contribution in [0.1, 0.15) is 38.3 Å². The molecule has 1 atom stereocenters. The van der Waals surface area contributed by atoms with E-state index in [9.17, 15) is 14.3 Å². The van der Waals surface area contributed by atoms with Crippen LogP contribution in [-0.2, 0) is 0 Å². The van der Waals surface area contributed by atoms with E-state index in [1.807, 2.05) is 6.07 Å². The third-order valence-electron chi connectivity index (χ3n) is 4.85. The predicted octanol–water partition coefficient (Wildman–Crippen LogP) is 2.46. The van der Waals surface area contributed by atoms with E-state index in [0.29, 0.717) is 11.5 Å². The number of rotatable bonds is 5. The van der Waals surface area contributed by atoms with E-state index in [-0.39, 0.29) is 24.2 Å². The average Bonchev–Trinajstić information content (AvgIpc) is 3.33. The van der Waals surface area contributed by atoms with E-state index in [0.717, 1.165) is 24.9 Å². The SMILES string of the molecule is CC(C)(O)CNC(=O)Oc1cnn2ccc(N3CCC[C@@H]3c3cncc(F)c3)nc12. The van der Waals surface area contributed by atoms with Gasteiger partial charge in [-0.15, -0.1) is 0 Å². The van der Waals surface area contributed by atoms with Crippen molar-refractivity contribution in [2.24, 2.45) is 0 Å². The molecule has 0 aromatic carbocycles. The minimum atomic E-state index is -1.05. The van der Waals surface area contributed by atoms with Crippen molar-refractivity contribution in [2.75, 3.05) is 18.0 Å². The van der Waals surface area contributed by atoms with Gasteiger partial charge in [0.05, 0.1) is 24.0 Å². The lowest BCUT2D eigenvalue weighted by Crippen LogP contribution is -2.39. The molecule has 1 aliphatic heterocycles. The molecule has 10 heteroatoms. The Hall–Kier alpha value is -3.27. The molecule has 9 nitrogen and oxygen atoms in total. The molecule has 0 saturated carbocycles. The zero-order chi connectivity index (χ0) is 21.3. The van der Waals surface area contributed by atoms with E-state index in [1.54, 1.807) is 26.2 Å². The summed E-state index contributed by atoms with van der Waals surface area (Å²) in [5.74, 6) is 0.510. The number of pyridine rings is 1. The minimum Gasteiger partial charge on any atom is -0.405 e. The highest BCUT2D eigenvalue weighted by Crippen LogP contribution is 2.35. The first kappa shape index (κ1) is 20.0. The standard InChI is InChI=1S/C20H23FN6O3/c1-20(2,29)12-23-19(28)30-16-11-24-27-7-5-17(25-18(16)27)26-6-3-4-15(26)13-8-14(21)10-22-9-13/h5,7-11,15,29H,3-4,6,12H2,1-2H3,(H,23,28)/t15-/m1/s1. The molecule has 0 spiro atoms. The van der Waals surface area contributed by atoms with E-state index in [4.69, 9.17) is 4.74 Å². The number of carbonyl (C=O) groups excluding carboxylic acids is 1. The van der Waals surface area contributed by atoms with Gasteiger partial charge in [-0.2, -0.15) is 5.10 Å². The largest absolute Gasteiger partial charge is 0.412 e. The molecule has 0 bridgehead atoms. The molecule has 3 aromatic rings. The first-order valence-corrected chi connectivity index (χ1v) is 9.70. The number of hydrogen-bond donors (Lipinski definition) is 2. The second kappa shape index (κ2) is 7.86. The third-order valence-corrected chi connectivity index (χ3v) is 4.85. The summed E-state index contributed by atoms with van der Waals surface area (Å²) in [6, 6.07) is 3.28. The number of ether oxygens (including phenoxy) is 1. The molecule has 3 aromatic heterocycles. The van der Waals surface area contributed by atoms with Gasteiger partial charge in [0.15, 0.2) is 5.75 Å². The lowest BCUT2D eigenvalue weighted by Gasteiger charge is -2.26. The van der Waals surface area contributed by atoms with Crippen LogP contribution < -0.4 is 15.0 Å². The molecule has 1 amide bonds.